The number of hydrogen-bond acceptors (Lipinski definition) is 14. The van der Waals surface area contributed by atoms with Gasteiger partial charge in [0.2, 0.25) is 0 Å². The van der Waals surface area contributed by atoms with Gasteiger partial charge in [-0.1, -0.05) is 71.7 Å². The largest absolute Gasteiger partial charge is 0.488 e. The number of halogens is 2. The van der Waals surface area contributed by atoms with Gasteiger partial charge in [-0.3, -0.25) is 9.59 Å². The average molecular weight is 1070 g/mol. The highest BCUT2D eigenvalue weighted by atomic mass is 35.5. The minimum absolute atomic E-state index is 0.00318. The molecule has 18 heteroatoms. The molecule has 2 aromatic heterocycles. The smallest absolute Gasteiger partial charge is 0.336 e. The second-order valence-corrected chi connectivity index (χ2v) is 18.8. The van der Waals surface area contributed by atoms with Crippen LogP contribution in [0.1, 0.15) is 57.3 Å². The molecule has 6 aromatic carbocycles. The number of carboxylic acids is 2. The van der Waals surface area contributed by atoms with Crippen molar-refractivity contribution in [2.24, 2.45) is 0 Å². The van der Waals surface area contributed by atoms with E-state index < -0.39 is 35.3 Å². The molecule has 6 N–H and O–H groups in total. The first-order valence-electron chi connectivity index (χ1n) is 24.2. The summed E-state index contributed by atoms with van der Waals surface area (Å²) in [6.07, 6.45) is -0.00636. The van der Waals surface area contributed by atoms with Gasteiger partial charge in [0.05, 0.1) is 10.0 Å². The van der Waals surface area contributed by atoms with Crippen LogP contribution < -0.4 is 40.8 Å². The lowest BCUT2D eigenvalue weighted by atomic mass is 9.92. The first-order chi connectivity index (χ1) is 36.7. The zero-order valence-electron chi connectivity index (χ0n) is 41.4. The fourth-order valence-electron chi connectivity index (χ4n) is 8.59. The van der Waals surface area contributed by atoms with Crippen LogP contribution in [0.25, 0.3) is 33.1 Å². The molecule has 0 saturated heterocycles. The van der Waals surface area contributed by atoms with Gasteiger partial charge in [-0.2, -0.15) is 0 Å². The van der Waals surface area contributed by atoms with Crippen molar-refractivity contribution in [1.82, 2.24) is 10.6 Å². The zero-order valence-corrected chi connectivity index (χ0v) is 42.9. The maximum atomic E-state index is 11.9. The molecule has 0 aliphatic rings. The molecule has 0 radical (unpaired) electrons. The molecule has 0 amide bonds. The molecular weight excluding hydrogens is 1020 g/mol. The second-order valence-electron chi connectivity index (χ2n) is 17.9. The van der Waals surface area contributed by atoms with Gasteiger partial charge in [0.1, 0.15) is 72.7 Å². The predicted octanol–water partition coefficient (Wildman–Crippen LogP) is 9.66. The van der Waals surface area contributed by atoms with Gasteiger partial charge < -0.3 is 58.8 Å². The fourth-order valence-corrected chi connectivity index (χ4v) is 9.07. The van der Waals surface area contributed by atoms with Crippen LogP contribution in [-0.2, 0) is 49.1 Å². The Hall–Kier alpha value is -7.70. The molecule has 76 heavy (non-hydrogen) atoms. The fraction of sp³-hybridized carbons (Fsp3) is 0.241. The lowest BCUT2D eigenvalue weighted by molar-refractivity contribution is -0.140. The highest BCUT2D eigenvalue weighted by Gasteiger charge is 2.22. The van der Waals surface area contributed by atoms with Gasteiger partial charge >= 0.3 is 23.2 Å². The Kier molecular flexibility index (Phi) is 18.1. The number of ether oxygens (including phenoxy) is 4. The molecule has 16 nitrogen and oxygen atoms in total. The van der Waals surface area contributed by atoms with E-state index in [-0.39, 0.29) is 75.6 Å². The molecule has 8 rings (SSSR count). The molecule has 2 atom stereocenters. The Labute approximate surface area is 446 Å². The Bertz CT molecular complexity index is 3290. The minimum Gasteiger partial charge on any atom is -0.488 e. The van der Waals surface area contributed by atoms with Crippen molar-refractivity contribution in [2.45, 2.75) is 78.3 Å². The lowest BCUT2D eigenvalue weighted by Crippen LogP contribution is -2.37. The first kappa shape index (κ1) is 54.6. The van der Waals surface area contributed by atoms with E-state index in [1.54, 1.807) is 60.7 Å². The molecule has 2 heterocycles. The van der Waals surface area contributed by atoms with E-state index >= 15 is 0 Å². The Morgan fingerprint density at radius 1 is 0.513 bits per heavy atom. The molecule has 394 valence electrons. The predicted molar refractivity (Wildman–Crippen MR) is 286 cm³/mol. The monoisotopic (exact) mass is 1070 g/mol. The van der Waals surface area contributed by atoms with Gasteiger partial charge in [-0.05, 0) is 120 Å². The van der Waals surface area contributed by atoms with Crippen molar-refractivity contribution >= 4 is 57.1 Å². The first-order valence-corrected chi connectivity index (χ1v) is 25.0. The topological polar surface area (TPSA) is 236 Å². The normalized spacial score (nSPS) is 12.1. The van der Waals surface area contributed by atoms with Crippen molar-refractivity contribution in [2.75, 3.05) is 13.2 Å². The van der Waals surface area contributed by atoms with Crippen LogP contribution in [0.4, 0.5) is 0 Å². The number of carbonyl (C=O) groups is 2. The number of benzene rings is 6. The van der Waals surface area contributed by atoms with Crippen molar-refractivity contribution < 1.29 is 57.8 Å². The van der Waals surface area contributed by atoms with E-state index in [2.05, 4.69) is 10.6 Å². The third-order valence-corrected chi connectivity index (χ3v) is 13.4. The third kappa shape index (κ3) is 13.6. The van der Waals surface area contributed by atoms with Gasteiger partial charge in [0, 0.05) is 72.5 Å². The summed E-state index contributed by atoms with van der Waals surface area (Å²) in [5.74, 6) is -0.778. The van der Waals surface area contributed by atoms with E-state index in [1.165, 1.54) is 12.1 Å². The number of hydrogen-bond donors (Lipinski definition) is 6. The van der Waals surface area contributed by atoms with E-state index in [1.807, 2.05) is 62.4 Å². The zero-order chi connectivity index (χ0) is 53.9. The number of rotatable bonds is 25. The maximum absolute atomic E-state index is 11.9. The van der Waals surface area contributed by atoms with Crippen molar-refractivity contribution in [3.8, 4) is 34.1 Å². The van der Waals surface area contributed by atoms with E-state index in [4.69, 9.17) is 51.0 Å². The molecule has 0 fully saturated rings. The molecular formula is C58H54Cl2N2O14. The van der Waals surface area contributed by atoms with E-state index in [0.29, 0.717) is 56.1 Å². The van der Waals surface area contributed by atoms with Crippen LogP contribution in [0, 0.1) is 13.8 Å². The van der Waals surface area contributed by atoms with Crippen LogP contribution >= 0.6 is 23.2 Å². The number of aliphatic hydroxyl groups is 2. The molecule has 0 bridgehead atoms. The van der Waals surface area contributed by atoms with Gasteiger partial charge in [-0.15, -0.1) is 0 Å². The van der Waals surface area contributed by atoms with Crippen molar-refractivity contribution in [1.29, 1.82) is 0 Å². The van der Waals surface area contributed by atoms with Gasteiger partial charge in [-0.25, -0.2) is 9.59 Å². The van der Waals surface area contributed by atoms with E-state index in [0.717, 1.165) is 44.5 Å². The van der Waals surface area contributed by atoms with Crippen LogP contribution in [-0.4, -0.2) is 57.7 Å². The minimum atomic E-state index is -1.11. The molecule has 0 aliphatic carbocycles. The number of fused-ring (bicyclic) bond motifs is 2. The van der Waals surface area contributed by atoms with Crippen LogP contribution in [0.2, 0.25) is 10.0 Å². The maximum Gasteiger partial charge on any atom is 0.336 e. The van der Waals surface area contributed by atoms with Crippen LogP contribution in [0.15, 0.2) is 140 Å². The van der Waals surface area contributed by atoms with Crippen molar-refractivity contribution in [3.63, 3.8) is 0 Å². The van der Waals surface area contributed by atoms with Crippen LogP contribution in [0.3, 0.4) is 0 Å². The summed E-state index contributed by atoms with van der Waals surface area (Å²) in [7, 11) is 0. The van der Waals surface area contributed by atoms with Crippen molar-refractivity contribution in [3.05, 3.63) is 197 Å². The summed E-state index contributed by atoms with van der Waals surface area (Å²) in [6, 6.07) is 33.2. The SMILES string of the molecule is Cc1c(COc2cc(OCc3ccc4oc(=O)ccc4c3)c(CNC(CCO)C(=O)O)cc2Cl)cccc1-c1cccc(COc2cc(OCc3ccc4oc(=O)ccc4c3)c(CNC(CCO)C(=O)O)cc2Cl)c1C. The third-order valence-electron chi connectivity index (χ3n) is 12.8. The standard InChI is InChI=1S/C58H54Cl2N2O14/c1-33-39(31-73-53-25-51(41(23-45(53)59)27-61-47(17-19-63)57(67)68)71-29-35-9-13-49-37(21-35)11-15-55(65)75-49)5-3-7-43(33)44-8-4-6-40(34(44)2)32-74-54-26-52(42(24-46(54)60)28-62-48(18-20-64)58(69)70)72-30-36-10-14-50-38(22-36)12-16-56(66)76-50/h3-16,21-26,47-48,61-64H,17-20,27-32H2,1-2H3,(H,67,68)(H,69,70). The van der Waals surface area contributed by atoms with Gasteiger partial charge in [0.25, 0.3) is 0 Å². The Morgan fingerprint density at radius 2 is 0.921 bits per heavy atom. The molecule has 0 saturated carbocycles. The summed E-state index contributed by atoms with van der Waals surface area (Å²) in [5, 5.41) is 46.3. The summed E-state index contributed by atoms with van der Waals surface area (Å²) >= 11 is 13.7. The second kappa shape index (κ2) is 25.2. The number of nitrogens with one attached hydrogen (secondary N) is 2. The highest BCUT2D eigenvalue weighted by Crippen LogP contribution is 2.38. The summed E-state index contributed by atoms with van der Waals surface area (Å²) in [4.78, 5) is 47.3. The highest BCUT2D eigenvalue weighted by molar-refractivity contribution is 6.32. The molecule has 8 aromatic rings. The number of aliphatic hydroxyl groups excluding tert-OH is 2. The number of aliphatic carboxylic acids is 2. The summed E-state index contributed by atoms with van der Waals surface area (Å²) in [6.45, 7) is 4.00. The molecule has 0 aliphatic heterocycles. The molecule has 0 spiro atoms. The molecule has 2 unspecified atom stereocenters. The Morgan fingerprint density at radius 3 is 1.32 bits per heavy atom. The summed E-state index contributed by atoms with van der Waals surface area (Å²) in [5.41, 5.74) is 8.26. The quantitative estimate of drug-likeness (QED) is 0.0292. The average Bonchev–Trinajstić information content (AvgIpc) is 3.40. The summed E-state index contributed by atoms with van der Waals surface area (Å²) < 4.78 is 36.0. The number of carboxylic acid groups (broad SMARTS) is 2. The Balaban J connectivity index is 0.998. The lowest BCUT2D eigenvalue weighted by Gasteiger charge is -2.20. The van der Waals surface area contributed by atoms with Crippen LogP contribution in [0.5, 0.6) is 23.0 Å². The van der Waals surface area contributed by atoms with Gasteiger partial charge in [0.15, 0.2) is 0 Å². The van der Waals surface area contributed by atoms with E-state index in [9.17, 15) is 39.6 Å².